The van der Waals surface area contributed by atoms with Crippen molar-refractivity contribution in [2.45, 2.75) is 13.5 Å². The lowest BCUT2D eigenvalue weighted by Crippen LogP contribution is -2.17. The fraction of sp³-hybridized carbons (Fsp3) is 0.235. The van der Waals surface area contributed by atoms with E-state index in [0.29, 0.717) is 19.8 Å². The maximum atomic E-state index is 11.3. The predicted molar refractivity (Wildman–Crippen MR) is 85.5 cm³/mol. The van der Waals surface area contributed by atoms with E-state index < -0.39 is 0 Å². The quantitative estimate of drug-likeness (QED) is 0.911. The molecule has 0 aromatic heterocycles. The summed E-state index contributed by atoms with van der Waals surface area (Å²) < 4.78 is 11.3. The molecule has 1 aliphatic rings. The number of carbonyl (C=O) groups is 1. The SMILES string of the molecule is CC(=O)Nc1ccccc1CNc1cccc2c1OCCO2. The van der Waals surface area contributed by atoms with Gasteiger partial charge in [0, 0.05) is 19.2 Å². The number of amides is 1. The third kappa shape index (κ3) is 3.14. The number of hydrogen-bond acceptors (Lipinski definition) is 4. The van der Waals surface area contributed by atoms with Gasteiger partial charge in [-0.2, -0.15) is 0 Å². The van der Waals surface area contributed by atoms with Crippen molar-refractivity contribution in [3.8, 4) is 11.5 Å². The van der Waals surface area contributed by atoms with E-state index in [-0.39, 0.29) is 5.91 Å². The molecule has 0 atom stereocenters. The van der Waals surface area contributed by atoms with Crippen LogP contribution in [0.3, 0.4) is 0 Å². The lowest BCUT2D eigenvalue weighted by Gasteiger charge is -2.21. The molecule has 1 heterocycles. The Morgan fingerprint density at radius 2 is 1.82 bits per heavy atom. The van der Waals surface area contributed by atoms with Crippen molar-refractivity contribution in [3.63, 3.8) is 0 Å². The molecule has 0 bridgehead atoms. The van der Waals surface area contributed by atoms with Crippen LogP contribution in [-0.2, 0) is 11.3 Å². The largest absolute Gasteiger partial charge is 0.486 e. The molecule has 2 aromatic rings. The van der Waals surface area contributed by atoms with E-state index in [2.05, 4.69) is 10.6 Å². The van der Waals surface area contributed by atoms with Crippen molar-refractivity contribution in [2.24, 2.45) is 0 Å². The van der Waals surface area contributed by atoms with Crippen LogP contribution >= 0.6 is 0 Å². The highest BCUT2D eigenvalue weighted by Gasteiger charge is 2.15. The zero-order chi connectivity index (χ0) is 15.4. The van der Waals surface area contributed by atoms with Crippen LogP contribution in [0.25, 0.3) is 0 Å². The first-order valence-electron chi connectivity index (χ1n) is 7.22. The smallest absolute Gasteiger partial charge is 0.221 e. The van der Waals surface area contributed by atoms with Crippen LogP contribution in [-0.4, -0.2) is 19.1 Å². The Kier molecular flexibility index (Phi) is 4.14. The molecule has 0 fully saturated rings. The highest BCUT2D eigenvalue weighted by atomic mass is 16.6. The van der Waals surface area contributed by atoms with Gasteiger partial charge in [0.15, 0.2) is 11.5 Å². The van der Waals surface area contributed by atoms with Gasteiger partial charge in [-0.3, -0.25) is 4.79 Å². The summed E-state index contributed by atoms with van der Waals surface area (Å²) in [5, 5.41) is 6.18. The van der Waals surface area contributed by atoms with E-state index in [0.717, 1.165) is 28.4 Å². The molecule has 1 aliphatic heterocycles. The van der Waals surface area contributed by atoms with E-state index in [1.54, 1.807) is 0 Å². The first kappa shape index (κ1) is 14.3. The molecule has 0 aliphatic carbocycles. The molecule has 22 heavy (non-hydrogen) atoms. The van der Waals surface area contributed by atoms with Gasteiger partial charge in [-0.05, 0) is 23.8 Å². The lowest BCUT2D eigenvalue weighted by molar-refractivity contribution is -0.114. The van der Waals surface area contributed by atoms with Gasteiger partial charge in [-0.1, -0.05) is 24.3 Å². The molecule has 5 heteroatoms. The molecule has 2 aromatic carbocycles. The summed E-state index contributed by atoms with van der Waals surface area (Å²) in [6.45, 7) is 3.20. The standard InChI is InChI=1S/C17H18N2O3/c1-12(20)19-14-6-3-2-5-13(14)11-18-15-7-4-8-16-17(15)22-10-9-21-16/h2-8,18H,9-11H2,1H3,(H,19,20). The summed E-state index contributed by atoms with van der Waals surface area (Å²) in [6, 6.07) is 13.5. The Bertz CT molecular complexity index is 685. The first-order valence-corrected chi connectivity index (χ1v) is 7.22. The van der Waals surface area contributed by atoms with Crippen molar-refractivity contribution in [3.05, 3.63) is 48.0 Å². The maximum absolute atomic E-state index is 11.3. The molecular weight excluding hydrogens is 280 g/mol. The van der Waals surface area contributed by atoms with E-state index in [9.17, 15) is 4.79 Å². The monoisotopic (exact) mass is 298 g/mol. The van der Waals surface area contributed by atoms with Gasteiger partial charge in [0.2, 0.25) is 5.91 Å². The summed E-state index contributed by atoms with van der Waals surface area (Å²) in [5.74, 6) is 1.42. The Morgan fingerprint density at radius 3 is 2.68 bits per heavy atom. The van der Waals surface area contributed by atoms with Gasteiger partial charge in [0.25, 0.3) is 0 Å². The number of para-hydroxylation sites is 2. The van der Waals surface area contributed by atoms with Crippen molar-refractivity contribution >= 4 is 17.3 Å². The number of hydrogen-bond donors (Lipinski definition) is 2. The highest BCUT2D eigenvalue weighted by Crippen LogP contribution is 2.37. The van der Waals surface area contributed by atoms with Gasteiger partial charge < -0.3 is 20.1 Å². The Labute approximate surface area is 129 Å². The van der Waals surface area contributed by atoms with Gasteiger partial charge >= 0.3 is 0 Å². The average molecular weight is 298 g/mol. The Morgan fingerprint density at radius 1 is 1.05 bits per heavy atom. The lowest BCUT2D eigenvalue weighted by atomic mass is 10.1. The molecule has 2 N–H and O–H groups in total. The van der Waals surface area contributed by atoms with Crippen molar-refractivity contribution in [1.82, 2.24) is 0 Å². The second-order valence-electron chi connectivity index (χ2n) is 5.02. The summed E-state index contributed by atoms with van der Waals surface area (Å²) in [5.41, 5.74) is 2.70. The average Bonchev–Trinajstić information content (AvgIpc) is 2.53. The number of ether oxygens (including phenoxy) is 2. The predicted octanol–water partition coefficient (Wildman–Crippen LogP) is 3.03. The molecule has 0 saturated carbocycles. The molecule has 3 rings (SSSR count). The van der Waals surface area contributed by atoms with E-state index >= 15 is 0 Å². The van der Waals surface area contributed by atoms with Gasteiger partial charge in [-0.15, -0.1) is 0 Å². The number of nitrogens with one attached hydrogen (secondary N) is 2. The van der Waals surface area contributed by atoms with E-state index in [1.807, 2.05) is 42.5 Å². The molecular formula is C17H18N2O3. The molecule has 0 radical (unpaired) electrons. The minimum absolute atomic E-state index is 0.0822. The third-order valence-electron chi connectivity index (χ3n) is 3.36. The van der Waals surface area contributed by atoms with Crippen LogP contribution in [0.15, 0.2) is 42.5 Å². The molecule has 5 nitrogen and oxygen atoms in total. The zero-order valence-electron chi connectivity index (χ0n) is 12.4. The molecule has 1 amide bonds. The topological polar surface area (TPSA) is 59.6 Å². The summed E-state index contributed by atoms with van der Waals surface area (Å²) in [4.78, 5) is 11.3. The van der Waals surface area contributed by atoms with Gasteiger partial charge in [0.1, 0.15) is 13.2 Å². The normalized spacial score (nSPS) is 12.6. The molecule has 0 unspecified atom stereocenters. The van der Waals surface area contributed by atoms with Crippen LogP contribution in [0, 0.1) is 0 Å². The second kappa shape index (κ2) is 6.39. The first-order chi connectivity index (χ1) is 10.7. The van der Waals surface area contributed by atoms with Crippen LogP contribution < -0.4 is 20.1 Å². The van der Waals surface area contributed by atoms with E-state index in [1.165, 1.54) is 6.92 Å². The maximum Gasteiger partial charge on any atom is 0.221 e. The fourth-order valence-corrected chi connectivity index (χ4v) is 2.39. The molecule has 0 spiro atoms. The summed E-state index contributed by atoms with van der Waals surface area (Å²) in [7, 11) is 0. The fourth-order valence-electron chi connectivity index (χ4n) is 2.39. The van der Waals surface area contributed by atoms with Gasteiger partial charge in [-0.25, -0.2) is 0 Å². The van der Waals surface area contributed by atoms with Crippen LogP contribution in [0.2, 0.25) is 0 Å². The summed E-state index contributed by atoms with van der Waals surface area (Å²) >= 11 is 0. The Hall–Kier alpha value is -2.69. The molecule has 114 valence electrons. The molecule has 0 saturated heterocycles. The number of carbonyl (C=O) groups excluding carboxylic acids is 1. The zero-order valence-corrected chi connectivity index (χ0v) is 12.4. The number of fused-ring (bicyclic) bond motifs is 1. The van der Waals surface area contributed by atoms with Crippen molar-refractivity contribution in [1.29, 1.82) is 0 Å². The Balaban J connectivity index is 1.77. The van der Waals surface area contributed by atoms with E-state index in [4.69, 9.17) is 9.47 Å². The van der Waals surface area contributed by atoms with Crippen LogP contribution in [0.4, 0.5) is 11.4 Å². The third-order valence-corrected chi connectivity index (χ3v) is 3.36. The van der Waals surface area contributed by atoms with Crippen molar-refractivity contribution < 1.29 is 14.3 Å². The minimum Gasteiger partial charge on any atom is -0.486 e. The van der Waals surface area contributed by atoms with Crippen LogP contribution in [0.1, 0.15) is 12.5 Å². The van der Waals surface area contributed by atoms with Gasteiger partial charge in [0.05, 0.1) is 5.69 Å². The van der Waals surface area contributed by atoms with Crippen LogP contribution in [0.5, 0.6) is 11.5 Å². The highest BCUT2D eigenvalue weighted by molar-refractivity contribution is 5.89. The number of anilines is 2. The second-order valence-corrected chi connectivity index (χ2v) is 5.02. The van der Waals surface area contributed by atoms with Crippen molar-refractivity contribution in [2.75, 3.05) is 23.8 Å². The summed E-state index contributed by atoms with van der Waals surface area (Å²) in [6.07, 6.45) is 0. The minimum atomic E-state index is -0.0822. The number of rotatable bonds is 4. The number of benzene rings is 2.